The van der Waals surface area contributed by atoms with Crippen LogP contribution in [0, 0.1) is 0 Å². The number of Topliss-reactive ketones (excluding diaryl/α,β-unsaturated/α-hetero) is 4. The fourth-order valence-electron chi connectivity index (χ4n) is 13.4. The Hall–Kier alpha value is -13.0. The molecule has 2 fully saturated rings. The van der Waals surface area contributed by atoms with Crippen molar-refractivity contribution in [1.29, 1.82) is 0 Å². The minimum atomic E-state index is -4.98. The molecule has 686 valence electrons. The van der Waals surface area contributed by atoms with Gasteiger partial charge in [-0.1, -0.05) is 173 Å². The Bertz CT molecular complexity index is 6300. The first-order valence-electron chi connectivity index (χ1n) is 39.4. The highest BCUT2D eigenvalue weighted by Gasteiger charge is 2.49. The second-order valence-corrected chi connectivity index (χ2v) is 32.2. The molecule has 24 nitrogen and oxygen atoms in total. The molecular formula is C91H78Cl5F11N12O12. The van der Waals surface area contributed by atoms with Crippen molar-refractivity contribution >= 4 is 105 Å². The van der Waals surface area contributed by atoms with Gasteiger partial charge in [0.2, 0.25) is 23.5 Å². The van der Waals surface area contributed by atoms with Gasteiger partial charge in [-0.05, 0) is 144 Å². The summed E-state index contributed by atoms with van der Waals surface area (Å²) in [5, 5.41) is 27.1. The molecule has 0 unspecified atom stereocenters. The molecular weight excluding hydrogens is 1840 g/mol. The Morgan fingerprint density at radius 2 is 0.664 bits per heavy atom. The summed E-state index contributed by atoms with van der Waals surface area (Å²) >= 11 is 29.8. The number of hydrogen-bond donors (Lipinski definition) is 4. The molecule has 4 amide bonds. The molecule has 0 bridgehead atoms. The van der Waals surface area contributed by atoms with Gasteiger partial charge in [-0.15, -0.1) is 0 Å². The molecule has 4 N–H and O–H groups in total. The van der Waals surface area contributed by atoms with Crippen molar-refractivity contribution in [2.24, 2.45) is 28.2 Å². The third-order valence-electron chi connectivity index (χ3n) is 20.6. The number of aromatic nitrogens is 8. The number of ketones is 4. The second-order valence-electron chi connectivity index (χ2n) is 30.1. The molecule has 2 saturated carbocycles. The van der Waals surface area contributed by atoms with Crippen molar-refractivity contribution in [3.63, 3.8) is 0 Å². The van der Waals surface area contributed by atoms with E-state index in [1.807, 2.05) is 0 Å². The van der Waals surface area contributed by atoms with Crippen LogP contribution in [0.5, 0.6) is 46.5 Å². The van der Waals surface area contributed by atoms with Crippen molar-refractivity contribution in [3.8, 4) is 46.5 Å². The number of halogens is 16. The van der Waals surface area contributed by atoms with E-state index in [9.17, 15) is 86.7 Å². The van der Waals surface area contributed by atoms with Gasteiger partial charge in [-0.3, -0.25) is 38.4 Å². The standard InChI is InChI=1S/C23H19Cl2F2N3O3.C23H20ClF2N3O3.C23H20F5N3O3.C22H19Cl2F2N3O3/c1-12(31)13-3-5-14(6-4-13)23(9-10-23)28-21(32)18-19(20(26)27)29-30(2)22(18)33-15-7-8-16(24)17(25)11-15;1-13(30)14-6-8-15(9-7-14)23(10-11-23)27-21(31)18-19(20(25)26)28-29(2)22(18)32-17-5-3-4-16(24)12-17;1-12(14-7-9-15(10-8-14)13(2)32)29-21(33)18-19(23(26,27)28)30-31(3)22(18)34-17-6-4-5-16(11-17)20(24)25;1-11(13-4-6-14(7-5-13)12(2)30)27-21(31)18-19(20(25)26)28-29(3)22(18)32-15-8-9-16(23)17(24)10-15/h3-8,11,20H,9-10H2,1-2H3,(H,28,32);3-9,12,20H,10-11H2,1-2H3,(H,27,31);4-12,20H,1-3H3,(H,29,33);4-11,20H,1-3H3,(H,27,31)/t;;12-;11-/m..00/s1. The van der Waals surface area contributed by atoms with Crippen LogP contribution in [0.25, 0.3) is 0 Å². The van der Waals surface area contributed by atoms with Gasteiger partial charge >= 0.3 is 6.18 Å². The van der Waals surface area contributed by atoms with Gasteiger partial charge < -0.3 is 40.2 Å². The average Bonchev–Trinajstić information content (AvgIpc) is 1.59. The Kier molecular flexibility index (Phi) is 31.2. The van der Waals surface area contributed by atoms with E-state index in [0.717, 1.165) is 49.0 Å². The smallest absolute Gasteiger partial charge is 0.436 e. The van der Waals surface area contributed by atoms with E-state index in [2.05, 4.69) is 41.7 Å². The van der Waals surface area contributed by atoms with Gasteiger partial charge in [-0.2, -0.15) is 33.6 Å². The molecule has 40 heteroatoms. The number of hydrogen-bond acceptors (Lipinski definition) is 16. The average molecular weight is 1920 g/mol. The van der Waals surface area contributed by atoms with Gasteiger partial charge in [0.15, 0.2) is 28.8 Å². The summed E-state index contributed by atoms with van der Waals surface area (Å²) < 4.78 is 176. The lowest BCUT2D eigenvalue weighted by molar-refractivity contribution is -0.141. The maximum atomic E-state index is 13.7. The summed E-state index contributed by atoms with van der Waals surface area (Å²) in [6.07, 6.45) is -14.2. The van der Waals surface area contributed by atoms with Crippen LogP contribution in [0.15, 0.2) is 182 Å². The van der Waals surface area contributed by atoms with Crippen LogP contribution in [0.4, 0.5) is 48.3 Å². The van der Waals surface area contributed by atoms with E-state index < -0.39 is 118 Å². The van der Waals surface area contributed by atoms with Crippen molar-refractivity contribution in [2.75, 3.05) is 0 Å². The Labute approximate surface area is 765 Å². The summed E-state index contributed by atoms with van der Waals surface area (Å²) in [7, 11) is 5.36. The lowest BCUT2D eigenvalue weighted by Crippen LogP contribution is -2.35. The van der Waals surface area contributed by atoms with Crippen LogP contribution in [-0.2, 0) is 45.4 Å². The van der Waals surface area contributed by atoms with Crippen LogP contribution < -0.4 is 40.2 Å². The van der Waals surface area contributed by atoms with E-state index >= 15 is 0 Å². The van der Waals surface area contributed by atoms with Crippen LogP contribution in [0.1, 0.15) is 238 Å². The van der Waals surface area contributed by atoms with Gasteiger partial charge in [0.25, 0.3) is 49.3 Å². The van der Waals surface area contributed by atoms with Crippen LogP contribution in [-0.4, -0.2) is 85.9 Å². The van der Waals surface area contributed by atoms with E-state index in [-0.39, 0.29) is 90.5 Å². The summed E-state index contributed by atoms with van der Waals surface area (Å²) in [5.41, 5.74) is -2.39. The van der Waals surface area contributed by atoms with Crippen molar-refractivity contribution in [2.45, 2.75) is 122 Å². The van der Waals surface area contributed by atoms with Gasteiger partial charge in [0, 0.05) is 73.2 Å². The van der Waals surface area contributed by atoms with Gasteiger partial charge in [0.05, 0.1) is 43.3 Å². The Morgan fingerprint density at radius 3 is 0.977 bits per heavy atom. The minimum absolute atomic E-state index is 0.0647. The fraction of sp³-hybridized carbons (Fsp3) is 0.253. The molecule has 0 radical (unpaired) electrons. The van der Waals surface area contributed by atoms with Crippen molar-refractivity contribution < 1.29 is 106 Å². The number of aryl methyl sites for hydroxylation is 4. The third kappa shape index (κ3) is 23.8. The highest BCUT2D eigenvalue weighted by molar-refractivity contribution is 6.42. The SMILES string of the molecule is CC(=O)c1ccc(C2(NC(=O)c3c(C(F)F)nn(C)c3Oc3ccc(Cl)c(Cl)c3)CC2)cc1.CC(=O)c1ccc(C2(NC(=O)c3c(C(F)F)nn(C)c3Oc3cccc(Cl)c3)CC2)cc1.CC(=O)c1ccc([C@H](C)NC(=O)c2c(C(F)(F)F)nn(C)c2Oc2cccc(C(F)F)c2)cc1.CC(=O)c1ccc([C@H](C)NC(=O)c2c(C(F)F)nn(C)c2Oc2ccc(Cl)c(Cl)c2)cc1. The Morgan fingerprint density at radius 1 is 0.359 bits per heavy atom. The first-order chi connectivity index (χ1) is 61.8. The zero-order valence-corrected chi connectivity index (χ0v) is 74.4. The quantitative estimate of drug-likeness (QED) is 0.0262. The van der Waals surface area contributed by atoms with E-state index in [0.29, 0.717) is 74.1 Å². The molecule has 2 aliphatic rings. The summed E-state index contributed by atoms with van der Waals surface area (Å²) in [4.78, 5) is 98.3. The molecule has 4 heterocycles. The zero-order valence-electron chi connectivity index (χ0n) is 70.6. The number of amides is 4. The number of rotatable bonds is 28. The number of alkyl halides is 11. The number of carbonyl (C=O) groups is 8. The molecule has 4 aromatic heterocycles. The third-order valence-corrected chi connectivity index (χ3v) is 22.3. The number of nitrogens with zero attached hydrogens (tertiary/aromatic N) is 8. The molecule has 14 rings (SSSR count). The van der Waals surface area contributed by atoms with E-state index in [1.54, 1.807) is 117 Å². The van der Waals surface area contributed by atoms with Crippen LogP contribution in [0.3, 0.4) is 0 Å². The summed E-state index contributed by atoms with van der Waals surface area (Å²) in [5.74, 6) is -4.21. The number of nitrogens with one attached hydrogen (secondary N) is 4. The zero-order chi connectivity index (χ0) is 95.7. The molecule has 8 aromatic carbocycles. The number of benzene rings is 8. The predicted molar refractivity (Wildman–Crippen MR) is 463 cm³/mol. The number of carbonyl (C=O) groups excluding carboxylic acids is 8. The molecule has 2 atom stereocenters. The highest BCUT2D eigenvalue weighted by Crippen LogP contribution is 2.49. The predicted octanol–water partition coefficient (Wildman–Crippen LogP) is 23.5. The Balaban J connectivity index is 0.000000169. The molecule has 12 aromatic rings. The maximum Gasteiger partial charge on any atom is 0.436 e. The first-order valence-corrected chi connectivity index (χ1v) is 41.3. The lowest BCUT2D eigenvalue weighted by atomic mass is 10.0. The maximum absolute atomic E-state index is 13.7. The molecule has 131 heavy (non-hydrogen) atoms. The first kappa shape index (κ1) is 98.6. The van der Waals surface area contributed by atoms with Crippen LogP contribution in [0.2, 0.25) is 25.1 Å². The molecule has 2 aliphatic carbocycles. The normalized spacial score (nSPS) is 13.3. The lowest BCUT2D eigenvalue weighted by Gasteiger charge is -2.19. The fourth-order valence-corrected chi connectivity index (χ4v) is 14.1. The van der Waals surface area contributed by atoms with Gasteiger partial charge in [0.1, 0.15) is 62.3 Å². The molecule has 0 saturated heterocycles. The van der Waals surface area contributed by atoms with Gasteiger partial charge in [-0.25, -0.2) is 53.9 Å². The van der Waals surface area contributed by atoms with Crippen molar-refractivity contribution in [3.05, 3.63) is 302 Å². The number of ether oxygens (including phenoxy) is 4. The molecule has 0 aliphatic heterocycles. The van der Waals surface area contributed by atoms with E-state index in [4.69, 9.17) is 77.0 Å². The minimum Gasteiger partial charge on any atom is -0.438 e. The topological polar surface area (TPSA) is 293 Å². The van der Waals surface area contributed by atoms with E-state index in [1.165, 1.54) is 116 Å². The summed E-state index contributed by atoms with van der Waals surface area (Å²) in [6, 6.07) is 45.2. The largest absolute Gasteiger partial charge is 0.438 e. The van der Waals surface area contributed by atoms with Crippen molar-refractivity contribution in [1.82, 2.24) is 60.4 Å². The van der Waals surface area contributed by atoms with Crippen LogP contribution >= 0.6 is 58.0 Å². The molecule has 0 spiro atoms. The second kappa shape index (κ2) is 41.4. The highest BCUT2D eigenvalue weighted by atomic mass is 35.5. The monoisotopic (exact) mass is 1910 g/mol. The summed E-state index contributed by atoms with van der Waals surface area (Å²) in [6.45, 7) is 9.02.